The number of pyridine rings is 1. The van der Waals surface area contributed by atoms with Gasteiger partial charge in [-0.2, -0.15) is 0 Å². The second-order valence-corrected chi connectivity index (χ2v) is 6.74. The number of aromatic hydroxyl groups is 1. The van der Waals surface area contributed by atoms with Crippen LogP contribution in [0.4, 0.5) is 0 Å². The number of aromatic nitrogens is 3. The van der Waals surface area contributed by atoms with Crippen molar-refractivity contribution in [2.24, 2.45) is 0 Å². The van der Waals surface area contributed by atoms with Gasteiger partial charge in [0.1, 0.15) is 11.6 Å². The molecule has 2 aromatic heterocycles. The highest BCUT2D eigenvalue weighted by atomic mass is 16.3. The van der Waals surface area contributed by atoms with E-state index >= 15 is 0 Å². The van der Waals surface area contributed by atoms with Crippen molar-refractivity contribution in [1.29, 1.82) is 0 Å². The van der Waals surface area contributed by atoms with E-state index < -0.39 is 0 Å². The zero-order valence-electron chi connectivity index (χ0n) is 14.8. The van der Waals surface area contributed by atoms with Gasteiger partial charge in [-0.05, 0) is 39.1 Å². The molecule has 0 bridgehead atoms. The molecule has 3 rings (SSSR count). The molecule has 7 nitrogen and oxygen atoms in total. The number of hydrogen-bond acceptors (Lipinski definition) is 5. The van der Waals surface area contributed by atoms with Crippen LogP contribution in [-0.2, 0) is 6.54 Å². The van der Waals surface area contributed by atoms with Crippen molar-refractivity contribution in [3.63, 3.8) is 0 Å². The Kier molecular flexibility index (Phi) is 5.33. The van der Waals surface area contributed by atoms with Crippen molar-refractivity contribution >= 4 is 5.91 Å². The van der Waals surface area contributed by atoms with Gasteiger partial charge in [-0.25, -0.2) is 9.97 Å². The fourth-order valence-corrected chi connectivity index (χ4v) is 3.26. The number of nitrogens with zero attached hydrogens (tertiary/aromatic N) is 5. The summed E-state index contributed by atoms with van der Waals surface area (Å²) < 4.78 is 2.18. The Labute approximate surface area is 147 Å². The van der Waals surface area contributed by atoms with E-state index in [1.54, 1.807) is 11.0 Å². The zero-order chi connectivity index (χ0) is 17.8. The standard InChI is InChI=1S/C18H25N5O2/c1-21(2)11-12-22-10-8-20-17(22)14-5-4-9-23(13-14)18(25)16-15(24)6-3-7-19-16/h3,6-8,10,14,24H,4-5,9,11-13H2,1-2H3. The van der Waals surface area contributed by atoms with Crippen molar-refractivity contribution < 1.29 is 9.90 Å². The minimum absolute atomic E-state index is 0.0675. The molecule has 1 fully saturated rings. The average molecular weight is 343 g/mol. The number of carbonyl (C=O) groups excluding carboxylic acids is 1. The van der Waals surface area contributed by atoms with Crippen LogP contribution in [0.5, 0.6) is 5.75 Å². The maximum atomic E-state index is 12.7. The Morgan fingerprint density at radius 3 is 2.96 bits per heavy atom. The molecule has 1 N–H and O–H groups in total. The number of piperidine rings is 1. The summed E-state index contributed by atoms with van der Waals surface area (Å²) in [5, 5.41) is 9.90. The Morgan fingerprint density at radius 1 is 1.36 bits per heavy atom. The highest BCUT2D eigenvalue weighted by Crippen LogP contribution is 2.27. The van der Waals surface area contributed by atoms with Crippen LogP contribution >= 0.6 is 0 Å². The van der Waals surface area contributed by atoms with Gasteiger partial charge >= 0.3 is 0 Å². The van der Waals surface area contributed by atoms with Gasteiger partial charge in [0.05, 0.1) is 0 Å². The second-order valence-electron chi connectivity index (χ2n) is 6.74. The molecule has 1 saturated heterocycles. The van der Waals surface area contributed by atoms with E-state index in [2.05, 4.69) is 33.5 Å². The van der Waals surface area contributed by atoms with E-state index in [1.807, 2.05) is 12.4 Å². The molecule has 1 aliphatic rings. The summed E-state index contributed by atoms with van der Waals surface area (Å²) in [6, 6.07) is 3.11. The third-order valence-electron chi connectivity index (χ3n) is 4.60. The van der Waals surface area contributed by atoms with E-state index in [4.69, 9.17) is 0 Å². The number of hydrogen-bond donors (Lipinski definition) is 1. The number of amides is 1. The molecule has 0 aromatic carbocycles. The number of likely N-dealkylation sites (N-methyl/N-ethyl adjacent to an activating group) is 1. The Hall–Kier alpha value is -2.41. The van der Waals surface area contributed by atoms with Crippen LogP contribution in [0.1, 0.15) is 35.1 Å². The van der Waals surface area contributed by atoms with E-state index in [9.17, 15) is 9.90 Å². The minimum atomic E-state index is -0.214. The Bertz CT molecular complexity index is 728. The fourth-order valence-electron chi connectivity index (χ4n) is 3.26. The smallest absolute Gasteiger partial charge is 0.276 e. The summed E-state index contributed by atoms with van der Waals surface area (Å²) in [4.78, 5) is 25.2. The van der Waals surface area contributed by atoms with Gasteiger partial charge in [-0.3, -0.25) is 4.79 Å². The summed E-state index contributed by atoms with van der Waals surface area (Å²) in [5.74, 6) is 0.960. The number of carbonyl (C=O) groups is 1. The molecule has 1 amide bonds. The van der Waals surface area contributed by atoms with Crippen LogP contribution in [0.15, 0.2) is 30.7 Å². The summed E-state index contributed by atoms with van der Waals surface area (Å²) in [6.07, 6.45) is 7.30. The molecule has 0 spiro atoms. The van der Waals surface area contributed by atoms with E-state index in [0.717, 1.165) is 31.8 Å². The molecule has 134 valence electrons. The second kappa shape index (κ2) is 7.65. The lowest BCUT2D eigenvalue weighted by Gasteiger charge is -2.32. The molecular formula is C18H25N5O2. The first kappa shape index (κ1) is 17.4. The van der Waals surface area contributed by atoms with Crippen LogP contribution in [0.3, 0.4) is 0 Å². The lowest BCUT2D eigenvalue weighted by atomic mass is 9.96. The molecular weight excluding hydrogens is 318 g/mol. The number of imidazole rings is 1. The van der Waals surface area contributed by atoms with Gasteiger partial charge in [0, 0.05) is 50.7 Å². The van der Waals surface area contributed by atoms with Gasteiger partial charge in [-0.15, -0.1) is 0 Å². The third-order valence-corrected chi connectivity index (χ3v) is 4.60. The average Bonchev–Trinajstić information content (AvgIpc) is 3.08. The first-order chi connectivity index (χ1) is 12.1. The Balaban J connectivity index is 1.73. The molecule has 0 aliphatic carbocycles. The molecule has 0 radical (unpaired) electrons. The van der Waals surface area contributed by atoms with Crippen molar-refractivity contribution in [3.8, 4) is 5.75 Å². The molecule has 3 heterocycles. The summed E-state index contributed by atoms with van der Waals surface area (Å²) in [6.45, 7) is 3.12. The molecule has 7 heteroatoms. The van der Waals surface area contributed by atoms with Crippen LogP contribution in [0.25, 0.3) is 0 Å². The summed E-state index contributed by atoms with van der Waals surface area (Å²) >= 11 is 0. The minimum Gasteiger partial charge on any atom is -0.505 e. The highest BCUT2D eigenvalue weighted by Gasteiger charge is 2.29. The molecule has 1 unspecified atom stereocenters. The van der Waals surface area contributed by atoms with Crippen molar-refractivity contribution in [1.82, 2.24) is 24.3 Å². The number of rotatable bonds is 5. The monoisotopic (exact) mass is 343 g/mol. The molecule has 0 saturated carbocycles. The van der Waals surface area contributed by atoms with Crippen LogP contribution in [0.2, 0.25) is 0 Å². The van der Waals surface area contributed by atoms with Gasteiger partial charge in [0.15, 0.2) is 5.69 Å². The maximum Gasteiger partial charge on any atom is 0.276 e. The van der Waals surface area contributed by atoms with Gasteiger partial charge < -0.3 is 19.5 Å². The van der Waals surface area contributed by atoms with Crippen molar-refractivity contribution in [3.05, 3.63) is 42.2 Å². The van der Waals surface area contributed by atoms with Gasteiger partial charge in [0.25, 0.3) is 5.91 Å². The molecule has 1 aliphatic heterocycles. The zero-order valence-corrected chi connectivity index (χ0v) is 14.8. The van der Waals surface area contributed by atoms with E-state index in [-0.39, 0.29) is 23.3 Å². The van der Waals surface area contributed by atoms with Gasteiger partial charge in [-0.1, -0.05) is 0 Å². The third kappa shape index (κ3) is 3.99. The quantitative estimate of drug-likeness (QED) is 0.892. The normalized spacial score (nSPS) is 17.9. The van der Waals surface area contributed by atoms with Crippen LogP contribution in [0, 0.1) is 0 Å². The van der Waals surface area contributed by atoms with Crippen molar-refractivity contribution in [2.45, 2.75) is 25.3 Å². The first-order valence-corrected chi connectivity index (χ1v) is 8.65. The van der Waals surface area contributed by atoms with Crippen LogP contribution in [-0.4, -0.2) is 69.1 Å². The molecule has 2 aromatic rings. The summed E-state index contributed by atoms with van der Waals surface area (Å²) in [5.41, 5.74) is 0.124. The largest absolute Gasteiger partial charge is 0.505 e. The Morgan fingerprint density at radius 2 is 2.20 bits per heavy atom. The molecule has 1 atom stereocenters. The first-order valence-electron chi connectivity index (χ1n) is 8.65. The van der Waals surface area contributed by atoms with E-state index in [1.165, 1.54) is 12.3 Å². The van der Waals surface area contributed by atoms with Gasteiger partial charge in [0.2, 0.25) is 0 Å². The fraction of sp³-hybridized carbons (Fsp3) is 0.500. The highest BCUT2D eigenvalue weighted by molar-refractivity contribution is 5.94. The topological polar surface area (TPSA) is 74.5 Å². The van der Waals surface area contributed by atoms with Crippen molar-refractivity contribution in [2.75, 3.05) is 33.7 Å². The van der Waals surface area contributed by atoms with Crippen LogP contribution < -0.4 is 0 Å². The predicted octanol–water partition coefficient (Wildman–Crippen LogP) is 1.57. The SMILES string of the molecule is CN(C)CCn1ccnc1C1CCCN(C(=O)c2ncccc2O)C1. The predicted molar refractivity (Wildman–Crippen MR) is 94.6 cm³/mol. The lowest BCUT2D eigenvalue weighted by Crippen LogP contribution is -2.40. The molecule has 25 heavy (non-hydrogen) atoms. The lowest BCUT2D eigenvalue weighted by molar-refractivity contribution is 0.0694. The maximum absolute atomic E-state index is 12.7. The number of likely N-dealkylation sites (tertiary alicyclic amines) is 1. The summed E-state index contributed by atoms with van der Waals surface area (Å²) in [7, 11) is 4.11. The van der Waals surface area contributed by atoms with E-state index in [0.29, 0.717) is 13.1 Å².